The van der Waals surface area contributed by atoms with Crippen LogP contribution >= 0.6 is 23.1 Å². The SMILES string of the molecule is Cn1c(SCC(=O)c2ccccc2F)nc2sc3c(c2c1=O)CCCC3. The second kappa shape index (κ2) is 6.96. The summed E-state index contributed by atoms with van der Waals surface area (Å²) in [5.74, 6) is -0.799. The first kappa shape index (κ1) is 17.4. The fraction of sp³-hybridized carbons (Fsp3) is 0.316. The van der Waals surface area contributed by atoms with Crippen molar-refractivity contribution >= 4 is 39.1 Å². The average Bonchev–Trinajstić information content (AvgIpc) is 3.02. The van der Waals surface area contributed by atoms with Crippen LogP contribution in [0, 0.1) is 5.82 Å². The van der Waals surface area contributed by atoms with Crippen LogP contribution in [0.2, 0.25) is 0 Å². The van der Waals surface area contributed by atoms with Gasteiger partial charge in [0.2, 0.25) is 0 Å². The number of aryl methyl sites for hydroxylation is 2. The molecule has 7 heteroatoms. The van der Waals surface area contributed by atoms with E-state index >= 15 is 0 Å². The maximum Gasteiger partial charge on any atom is 0.262 e. The van der Waals surface area contributed by atoms with Crippen LogP contribution in [0.15, 0.2) is 34.2 Å². The summed E-state index contributed by atoms with van der Waals surface area (Å²) in [6.07, 6.45) is 4.20. The number of hydrogen-bond donors (Lipinski definition) is 0. The van der Waals surface area contributed by atoms with Crippen molar-refractivity contribution in [3.63, 3.8) is 0 Å². The lowest BCUT2D eigenvalue weighted by molar-refractivity contribution is 0.101. The fourth-order valence-electron chi connectivity index (χ4n) is 3.29. The van der Waals surface area contributed by atoms with Crippen LogP contribution in [0.4, 0.5) is 4.39 Å². The molecule has 1 aliphatic carbocycles. The van der Waals surface area contributed by atoms with Gasteiger partial charge in [-0.15, -0.1) is 11.3 Å². The number of halogens is 1. The summed E-state index contributed by atoms with van der Waals surface area (Å²) in [5.41, 5.74) is 1.16. The van der Waals surface area contributed by atoms with Gasteiger partial charge in [-0.3, -0.25) is 14.2 Å². The molecule has 0 bridgehead atoms. The van der Waals surface area contributed by atoms with Gasteiger partial charge in [-0.1, -0.05) is 23.9 Å². The number of carbonyl (C=O) groups is 1. The van der Waals surface area contributed by atoms with Crippen LogP contribution in [0.25, 0.3) is 10.2 Å². The third-order valence-corrected chi connectivity index (χ3v) is 6.88. The molecule has 1 aromatic carbocycles. The van der Waals surface area contributed by atoms with E-state index in [1.54, 1.807) is 30.5 Å². The van der Waals surface area contributed by atoms with Crippen molar-refractivity contribution in [3.05, 3.63) is 56.4 Å². The Morgan fingerprint density at radius 2 is 2.08 bits per heavy atom. The van der Waals surface area contributed by atoms with Crippen molar-refractivity contribution in [1.29, 1.82) is 0 Å². The number of fused-ring (bicyclic) bond motifs is 3. The largest absolute Gasteiger partial charge is 0.293 e. The lowest BCUT2D eigenvalue weighted by Gasteiger charge is -2.10. The molecular formula is C19H17FN2O2S2. The second-order valence-corrected chi connectivity index (χ2v) is 8.37. The van der Waals surface area contributed by atoms with Gasteiger partial charge in [-0.25, -0.2) is 9.37 Å². The van der Waals surface area contributed by atoms with E-state index in [2.05, 4.69) is 4.98 Å². The highest BCUT2D eigenvalue weighted by Gasteiger charge is 2.21. The molecular weight excluding hydrogens is 371 g/mol. The summed E-state index contributed by atoms with van der Waals surface area (Å²) in [7, 11) is 1.68. The fourth-order valence-corrected chi connectivity index (χ4v) is 5.45. The number of nitrogens with zero attached hydrogens (tertiary/aromatic N) is 2. The number of ketones is 1. The molecule has 134 valence electrons. The normalized spacial score (nSPS) is 13.8. The van der Waals surface area contributed by atoms with Crippen LogP contribution in [-0.4, -0.2) is 21.1 Å². The summed E-state index contributed by atoms with van der Waals surface area (Å²) in [6, 6.07) is 5.93. The Kier molecular flexibility index (Phi) is 4.67. The van der Waals surface area contributed by atoms with Gasteiger partial charge in [0.05, 0.1) is 16.7 Å². The molecule has 0 atom stereocenters. The van der Waals surface area contributed by atoms with Gasteiger partial charge in [-0.2, -0.15) is 0 Å². The van der Waals surface area contributed by atoms with E-state index in [-0.39, 0.29) is 22.7 Å². The molecule has 0 aliphatic heterocycles. The van der Waals surface area contributed by atoms with E-state index in [1.807, 2.05) is 0 Å². The quantitative estimate of drug-likeness (QED) is 0.385. The van der Waals surface area contributed by atoms with Crippen LogP contribution in [-0.2, 0) is 19.9 Å². The lowest BCUT2D eigenvalue weighted by atomic mass is 9.97. The van der Waals surface area contributed by atoms with E-state index in [0.717, 1.165) is 41.5 Å². The third kappa shape index (κ3) is 2.99. The number of thioether (sulfide) groups is 1. The topological polar surface area (TPSA) is 52.0 Å². The number of aromatic nitrogens is 2. The summed E-state index contributed by atoms with van der Waals surface area (Å²) < 4.78 is 15.3. The molecule has 0 amide bonds. The van der Waals surface area contributed by atoms with E-state index in [9.17, 15) is 14.0 Å². The van der Waals surface area contributed by atoms with Gasteiger partial charge in [0.1, 0.15) is 10.6 Å². The van der Waals surface area contributed by atoms with E-state index in [0.29, 0.717) is 5.16 Å². The zero-order chi connectivity index (χ0) is 18.3. The number of hydrogen-bond acceptors (Lipinski definition) is 5. The number of thiophene rings is 1. The molecule has 0 unspecified atom stereocenters. The first-order valence-corrected chi connectivity index (χ1v) is 10.3. The smallest absolute Gasteiger partial charge is 0.262 e. The lowest BCUT2D eigenvalue weighted by Crippen LogP contribution is -2.21. The number of Topliss-reactive ketones (excluding diaryl/α,β-unsaturated/α-hetero) is 1. The number of rotatable bonds is 4. The standard InChI is InChI=1S/C19H17FN2O2S2/c1-22-18(24)16-12-7-3-5-9-15(12)26-17(16)21-19(22)25-10-14(23)11-6-2-4-8-13(11)20/h2,4,6,8H,3,5,7,9-10H2,1H3. The van der Waals surface area contributed by atoms with Crippen LogP contribution in [0.3, 0.4) is 0 Å². The highest BCUT2D eigenvalue weighted by atomic mass is 32.2. The minimum Gasteiger partial charge on any atom is -0.293 e. The molecule has 0 fully saturated rings. The van der Waals surface area contributed by atoms with Crippen molar-refractivity contribution < 1.29 is 9.18 Å². The summed E-state index contributed by atoms with van der Waals surface area (Å²) >= 11 is 2.76. The van der Waals surface area contributed by atoms with Gasteiger partial charge in [0, 0.05) is 11.9 Å². The summed E-state index contributed by atoms with van der Waals surface area (Å²) in [5, 5.41) is 1.22. The highest BCUT2D eigenvalue weighted by molar-refractivity contribution is 7.99. The van der Waals surface area contributed by atoms with Crippen molar-refractivity contribution in [2.24, 2.45) is 7.05 Å². The maximum absolute atomic E-state index is 13.7. The zero-order valence-electron chi connectivity index (χ0n) is 14.3. The monoisotopic (exact) mass is 388 g/mol. The Balaban J connectivity index is 1.65. The third-order valence-electron chi connectivity index (χ3n) is 4.66. The van der Waals surface area contributed by atoms with Crippen molar-refractivity contribution in [3.8, 4) is 0 Å². The Hall–Kier alpha value is -1.99. The number of carbonyl (C=O) groups excluding carboxylic acids is 1. The molecule has 1 aliphatic rings. The first-order valence-electron chi connectivity index (χ1n) is 8.48. The van der Waals surface area contributed by atoms with Crippen molar-refractivity contribution in [1.82, 2.24) is 9.55 Å². The van der Waals surface area contributed by atoms with E-state index in [4.69, 9.17) is 0 Å². The Morgan fingerprint density at radius 3 is 2.88 bits per heavy atom. The molecule has 4 nitrogen and oxygen atoms in total. The molecule has 3 aromatic rings. The maximum atomic E-state index is 13.7. The molecule has 0 saturated carbocycles. The Morgan fingerprint density at radius 1 is 1.31 bits per heavy atom. The van der Waals surface area contributed by atoms with E-state index in [1.165, 1.54) is 33.3 Å². The minimum atomic E-state index is -0.527. The number of benzene rings is 1. The van der Waals surface area contributed by atoms with Gasteiger partial charge in [0.15, 0.2) is 10.9 Å². The molecule has 0 saturated heterocycles. The highest BCUT2D eigenvalue weighted by Crippen LogP contribution is 2.34. The predicted octanol–water partition coefficient (Wildman–Crippen LogP) is 3.99. The van der Waals surface area contributed by atoms with Crippen LogP contribution in [0.1, 0.15) is 33.6 Å². The van der Waals surface area contributed by atoms with Crippen LogP contribution < -0.4 is 5.56 Å². The minimum absolute atomic E-state index is 0.0395. The summed E-state index contributed by atoms with van der Waals surface area (Å²) in [6.45, 7) is 0. The molecule has 2 heterocycles. The molecule has 0 radical (unpaired) electrons. The first-order chi connectivity index (χ1) is 12.6. The van der Waals surface area contributed by atoms with Gasteiger partial charge in [0.25, 0.3) is 5.56 Å². The molecule has 0 N–H and O–H groups in total. The van der Waals surface area contributed by atoms with Gasteiger partial charge in [-0.05, 0) is 43.4 Å². The molecule has 0 spiro atoms. The summed E-state index contributed by atoms with van der Waals surface area (Å²) in [4.78, 5) is 31.7. The van der Waals surface area contributed by atoms with Crippen molar-refractivity contribution in [2.45, 2.75) is 30.8 Å². The van der Waals surface area contributed by atoms with Crippen LogP contribution in [0.5, 0.6) is 0 Å². The Bertz CT molecular complexity index is 1070. The Labute approximate surface area is 158 Å². The molecule has 4 rings (SSSR count). The second-order valence-electron chi connectivity index (χ2n) is 6.34. The molecule has 2 aromatic heterocycles. The predicted molar refractivity (Wildman–Crippen MR) is 103 cm³/mol. The molecule has 26 heavy (non-hydrogen) atoms. The van der Waals surface area contributed by atoms with Gasteiger partial charge < -0.3 is 0 Å². The average molecular weight is 388 g/mol. The van der Waals surface area contributed by atoms with Crippen molar-refractivity contribution in [2.75, 3.05) is 5.75 Å². The van der Waals surface area contributed by atoms with E-state index < -0.39 is 5.82 Å². The van der Waals surface area contributed by atoms with Gasteiger partial charge >= 0.3 is 0 Å². The zero-order valence-corrected chi connectivity index (χ0v) is 15.9.